The lowest BCUT2D eigenvalue weighted by Crippen LogP contribution is -2.00. The lowest BCUT2D eigenvalue weighted by Gasteiger charge is -2.12. The highest BCUT2D eigenvalue weighted by molar-refractivity contribution is 5.78. The van der Waals surface area contributed by atoms with Crippen LogP contribution in [0.3, 0.4) is 0 Å². The third kappa shape index (κ3) is 4.09. The summed E-state index contributed by atoms with van der Waals surface area (Å²) >= 11 is 0. The largest absolute Gasteiger partial charge is 0.497 e. The molecule has 0 radical (unpaired) electrons. The molecule has 0 aliphatic rings. The van der Waals surface area contributed by atoms with Gasteiger partial charge in [0.05, 0.1) is 24.2 Å². The molecule has 0 aliphatic heterocycles. The van der Waals surface area contributed by atoms with Gasteiger partial charge < -0.3 is 4.74 Å². The minimum atomic E-state index is -0.675. The molecule has 0 bridgehead atoms. The lowest BCUT2D eigenvalue weighted by atomic mass is 10.0. The van der Waals surface area contributed by atoms with Gasteiger partial charge in [0.1, 0.15) is 17.4 Å². The number of hydrogen-bond acceptors (Lipinski definition) is 3. The second-order valence-electron chi connectivity index (χ2n) is 6.45. The summed E-state index contributed by atoms with van der Waals surface area (Å²) in [5, 5.41) is 0. The van der Waals surface area contributed by atoms with Gasteiger partial charge in [-0.15, -0.1) is 0 Å². The number of ether oxygens (including phenoxy) is 1. The number of unbranched alkanes of at least 4 members (excludes halogenated alkanes) is 1. The summed E-state index contributed by atoms with van der Waals surface area (Å²) in [6.45, 7) is 5.56. The van der Waals surface area contributed by atoms with Crippen molar-refractivity contribution in [2.75, 3.05) is 7.11 Å². The monoisotopic (exact) mass is 380 g/mol. The highest BCUT2D eigenvalue weighted by atomic mass is 19.1. The first-order chi connectivity index (χ1) is 13.6. The number of halogens is 2. The second-order valence-corrected chi connectivity index (χ2v) is 6.45. The van der Waals surface area contributed by atoms with Crippen molar-refractivity contribution in [1.29, 1.82) is 0 Å². The summed E-state index contributed by atoms with van der Waals surface area (Å²) in [4.78, 5) is 9.25. The molecular weight excluding hydrogens is 358 g/mol. The van der Waals surface area contributed by atoms with Gasteiger partial charge in [0.25, 0.3) is 0 Å². The fourth-order valence-corrected chi connectivity index (χ4v) is 2.98. The Kier molecular flexibility index (Phi) is 6.14. The number of rotatable bonds is 7. The second kappa shape index (κ2) is 8.74. The normalized spacial score (nSPS) is 10.7. The average Bonchev–Trinajstić information content (AvgIpc) is 2.72. The fraction of sp³-hybridized carbons (Fsp3) is 0.217. The molecule has 0 saturated carbocycles. The summed E-state index contributed by atoms with van der Waals surface area (Å²) in [5.41, 5.74) is 2.80. The molecule has 3 nitrogen and oxygen atoms in total. The molecule has 3 aromatic rings. The minimum absolute atomic E-state index is 0.148. The Morgan fingerprint density at radius 3 is 2.29 bits per heavy atom. The molecule has 5 heteroatoms. The predicted octanol–water partition coefficient (Wildman–Crippen LogP) is 6.08. The van der Waals surface area contributed by atoms with Crippen LogP contribution in [0.1, 0.15) is 31.0 Å². The predicted molar refractivity (Wildman–Crippen MR) is 108 cm³/mol. The highest BCUT2D eigenvalue weighted by Gasteiger charge is 2.16. The summed E-state index contributed by atoms with van der Waals surface area (Å²) in [5.74, 6) is -0.636. The van der Waals surface area contributed by atoms with Crippen LogP contribution in [-0.4, -0.2) is 17.1 Å². The van der Waals surface area contributed by atoms with Crippen molar-refractivity contribution in [2.45, 2.75) is 26.2 Å². The molecule has 2 aromatic carbocycles. The molecule has 1 heterocycles. The number of aromatic nitrogens is 2. The van der Waals surface area contributed by atoms with Crippen LogP contribution in [0.5, 0.6) is 5.75 Å². The number of benzene rings is 2. The SMILES string of the molecule is C=Cc1c(F)cc(-c2nc(CCCC)cnc2-c2ccc(OC)cc2)cc1F. The molecule has 28 heavy (non-hydrogen) atoms. The van der Waals surface area contributed by atoms with E-state index in [1.807, 2.05) is 24.3 Å². The molecule has 144 valence electrons. The Bertz CT molecular complexity index is 961. The molecule has 0 unspecified atom stereocenters. The van der Waals surface area contributed by atoms with Crippen LogP contribution in [-0.2, 0) is 6.42 Å². The quantitative estimate of drug-likeness (QED) is 0.498. The van der Waals surface area contributed by atoms with E-state index < -0.39 is 11.6 Å². The molecule has 0 atom stereocenters. The highest BCUT2D eigenvalue weighted by Crippen LogP contribution is 2.32. The van der Waals surface area contributed by atoms with Gasteiger partial charge in [-0.05, 0) is 49.2 Å². The zero-order chi connectivity index (χ0) is 20.1. The third-order valence-electron chi connectivity index (χ3n) is 4.53. The van der Waals surface area contributed by atoms with Crippen molar-refractivity contribution in [3.05, 3.63) is 72.1 Å². The van der Waals surface area contributed by atoms with E-state index in [0.29, 0.717) is 22.7 Å². The van der Waals surface area contributed by atoms with E-state index in [1.54, 1.807) is 13.3 Å². The van der Waals surface area contributed by atoms with Crippen LogP contribution in [0.15, 0.2) is 49.2 Å². The van der Waals surface area contributed by atoms with Gasteiger partial charge in [0.2, 0.25) is 0 Å². The molecule has 0 aliphatic carbocycles. The van der Waals surface area contributed by atoms with Crippen molar-refractivity contribution in [3.63, 3.8) is 0 Å². The summed E-state index contributed by atoms with van der Waals surface area (Å²) in [7, 11) is 1.59. The van der Waals surface area contributed by atoms with Crippen LogP contribution in [0.2, 0.25) is 0 Å². The third-order valence-corrected chi connectivity index (χ3v) is 4.53. The van der Waals surface area contributed by atoms with Crippen molar-refractivity contribution in [2.24, 2.45) is 0 Å². The Morgan fingerprint density at radius 1 is 1.04 bits per heavy atom. The molecule has 0 N–H and O–H groups in total. The van der Waals surface area contributed by atoms with E-state index in [2.05, 4.69) is 23.5 Å². The topological polar surface area (TPSA) is 35.0 Å². The summed E-state index contributed by atoms with van der Waals surface area (Å²) < 4.78 is 33.9. The zero-order valence-electron chi connectivity index (χ0n) is 16.0. The van der Waals surface area contributed by atoms with Gasteiger partial charge in [0, 0.05) is 22.9 Å². The average molecular weight is 380 g/mol. The molecule has 3 rings (SSSR count). The Morgan fingerprint density at radius 2 is 1.71 bits per heavy atom. The summed E-state index contributed by atoms with van der Waals surface area (Å²) in [6.07, 6.45) is 5.64. The lowest BCUT2D eigenvalue weighted by molar-refractivity contribution is 0.415. The van der Waals surface area contributed by atoms with Gasteiger partial charge in [0.15, 0.2) is 0 Å². The van der Waals surface area contributed by atoms with Crippen LogP contribution in [0.25, 0.3) is 28.6 Å². The van der Waals surface area contributed by atoms with Gasteiger partial charge in [-0.3, -0.25) is 4.98 Å². The minimum Gasteiger partial charge on any atom is -0.497 e. The van der Waals surface area contributed by atoms with Crippen molar-refractivity contribution >= 4 is 6.08 Å². The number of methoxy groups -OCH3 is 1. The Balaban J connectivity index is 2.16. The van der Waals surface area contributed by atoms with Crippen LogP contribution >= 0.6 is 0 Å². The number of aryl methyl sites for hydroxylation is 1. The van der Waals surface area contributed by atoms with Crippen molar-refractivity contribution < 1.29 is 13.5 Å². The summed E-state index contributed by atoms with van der Waals surface area (Å²) in [6, 6.07) is 9.88. The van der Waals surface area contributed by atoms with E-state index in [-0.39, 0.29) is 5.56 Å². The first-order valence-electron chi connectivity index (χ1n) is 9.19. The maximum absolute atomic E-state index is 14.4. The maximum atomic E-state index is 14.4. The van der Waals surface area contributed by atoms with Gasteiger partial charge in [-0.25, -0.2) is 13.8 Å². The maximum Gasteiger partial charge on any atom is 0.134 e. The zero-order valence-corrected chi connectivity index (χ0v) is 16.0. The smallest absolute Gasteiger partial charge is 0.134 e. The number of nitrogens with zero attached hydrogens (tertiary/aromatic N) is 2. The Labute approximate surface area is 163 Å². The van der Waals surface area contributed by atoms with E-state index >= 15 is 0 Å². The first kappa shape index (κ1) is 19.7. The van der Waals surface area contributed by atoms with Crippen LogP contribution < -0.4 is 4.74 Å². The van der Waals surface area contributed by atoms with Gasteiger partial charge in [-0.1, -0.05) is 26.0 Å². The van der Waals surface area contributed by atoms with Gasteiger partial charge in [-0.2, -0.15) is 0 Å². The molecule has 0 saturated heterocycles. The van der Waals surface area contributed by atoms with Crippen LogP contribution in [0, 0.1) is 11.6 Å². The molecule has 0 spiro atoms. The van der Waals surface area contributed by atoms with Crippen molar-refractivity contribution in [1.82, 2.24) is 9.97 Å². The standard InChI is InChI=1S/C23H22F2N2O/c1-4-6-7-17-14-26-22(15-8-10-18(28-3)11-9-15)23(27-17)16-12-20(24)19(5-2)21(25)13-16/h5,8-14H,2,4,6-7H2,1,3H3. The fourth-order valence-electron chi connectivity index (χ4n) is 2.98. The Hall–Kier alpha value is -3.08. The van der Waals surface area contributed by atoms with E-state index in [1.165, 1.54) is 18.2 Å². The van der Waals surface area contributed by atoms with E-state index in [0.717, 1.165) is 30.5 Å². The molecule has 1 aromatic heterocycles. The molecule has 0 amide bonds. The van der Waals surface area contributed by atoms with Crippen LogP contribution in [0.4, 0.5) is 8.78 Å². The molecular formula is C23H22F2N2O. The number of hydrogen-bond donors (Lipinski definition) is 0. The van der Waals surface area contributed by atoms with Gasteiger partial charge >= 0.3 is 0 Å². The van der Waals surface area contributed by atoms with E-state index in [9.17, 15) is 8.78 Å². The first-order valence-corrected chi connectivity index (χ1v) is 9.19. The molecule has 0 fully saturated rings. The van der Waals surface area contributed by atoms with E-state index in [4.69, 9.17) is 4.74 Å². The van der Waals surface area contributed by atoms with Crippen molar-refractivity contribution in [3.8, 4) is 28.3 Å².